The second-order valence-electron chi connectivity index (χ2n) is 15.1. The second-order valence-corrected chi connectivity index (χ2v) is 16.1. The van der Waals surface area contributed by atoms with Crippen molar-refractivity contribution in [1.82, 2.24) is 4.98 Å². The lowest BCUT2D eigenvalue weighted by Crippen LogP contribution is -2.19. The Balaban J connectivity index is 1.17. The summed E-state index contributed by atoms with van der Waals surface area (Å²) in [6.45, 7) is 7.57. The van der Waals surface area contributed by atoms with Crippen molar-refractivity contribution in [2.45, 2.75) is 51.4 Å². The van der Waals surface area contributed by atoms with Gasteiger partial charge in [0.2, 0.25) is 11.0 Å². The summed E-state index contributed by atoms with van der Waals surface area (Å²) in [7, 11) is 0. The standard InChI is InChI=1S/C52H51F2N3O8S/c1-3-49(59)63-31-10-5-4-9-30-62-42-23-20-39(21-24-42)51(61)65-43-25-27-44(41(33-43)35-55-57(28-12-29-58)52-56-47-14-6-7-15-48(47)66-52)45-26-22-40(34-46(45)54)38-18-16-37(17-19-38)13-8-11-32-64-50(60)36(2)53/h3,6-7,14-27,33-35,58H,1-2,4-5,8-13,28-32H2/b55-35+. The van der Waals surface area contributed by atoms with Gasteiger partial charge in [0.25, 0.3) is 0 Å². The molecule has 0 unspecified atom stereocenters. The van der Waals surface area contributed by atoms with Crippen LogP contribution in [0.25, 0.3) is 32.5 Å². The Morgan fingerprint density at radius 2 is 1.47 bits per heavy atom. The van der Waals surface area contributed by atoms with Crippen molar-refractivity contribution in [3.63, 3.8) is 0 Å². The molecule has 1 heterocycles. The van der Waals surface area contributed by atoms with Gasteiger partial charge in [0.05, 0.1) is 41.8 Å². The first-order valence-electron chi connectivity index (χ1n) is 21.7. The van der Waals surface area contributed by atoms with E-state index in [0.29, 0.717) is 71.3 Å². The Bertz CT molecular complexity index is 2600. The number of hydrogen-bond donors (Lipinski definition) is 1. The summed E-state index contributed by atoms with van der Waals surface area (Å²) >= 11 is 1.46. The number of thiazole rings is 1. The van der Waals surface area contributed by atoms with Crippen LogP contribution in [0.2, 0.25) is 0 Å². The highest BCUT2D eigenvalue weighted by atomic mass is 32.1. The Morgan fingerprint density at radius 1 is 0.773 bits per heavy atom. The second kappa shape index (κ2) is 24.9. The Labute approximate surface area is 386 Å². The molecule has 0 aliphatic carbocycles. The van der Waals surface area contributed by atoms with Gasteiger partial charge in [-0.3, -0.25) is 0 Å². The predicted octanol–water partition coefficient (Wildman–Crippen LogP) is 11.2. The molecule has 6 rings (SSSR count). The molecule has 0 radical (unpaired) electrons. The quantitative estimate of drug-likeness (QED) is 0.0148. The number of hydrazone groups is 1. The number of para-hydroxylation sites is 1. The van der Waals surface area contributed by atoms with Crippen LogP contribution in [0.3, 0.4) is 0 Å². The first kappa shape index (κ1) is 48.4. The summed E-state index contributed by atoms with van der Waals surface area (Å²) in [5.74, 6) is -2.83. The molecule has 0 bridgehead atoms. The summed E-state index contributed by atoms with van der Waals surface area (Å²) in [4.78, 5) is 40.5. The number of halogens is 2. The molecule has 0 fully saturated rings. The molecule has 0 aliphatic rings. The maximum absolute atomic E-state index is 16.3. The van der Waals surface area contributed by atoms with E-state index >= 15 is 4.39 Å². The van der Waals surface area contributed by atoms with Crippen LogP contribution in [0.1, 0.15) is 66.4 Å². The fourth-order valence-corrected chi connectivity index (χ4v) is 7.72. The molecule has 1 aromatic heterocycles. The van der Waals surface area contributed by atoms with Crippen molar-refractivity contribution in [2.75, 3.05) is 38.0 Å². The van der Waals surface area contributed by atoms with Crippen LogP contribution in [0.15, 0.2) is 139 Å². The average Bonchev–Trinajstić information content (AvgIpc) is 3.77. The molecule has 5 aromatic carbocycles. The molecule has 14 heteroatoms. The number of aryl methyl sites for hydroxylation is 1. The number of esters is 3. The van der Waals surface area contributed by atoms with E-state index in [-0.39, 0.29) is 19.0 Å². The van der Waals surface area contributed by atoms with Gasteiger partial charge >= 0.3 is 17.9 Å². The van der Waals surface area contributed by atoms with E-state index in [2.05, 4.69) is 13.2 Å². The Kier molecular flexibility index (Phi) is 18.3. The first-order chi connectivity index (χ1) is 32.1. The van der Waals surface area contributed by atoms with E-state index < -0.39 is 29.6 Å². The third-order valence-corrected chi connectivity index (χ3v) is 11.3. The lowest BCUT2D eigenvalue weighted by molar-refractivity contribution is -0.141. The fraction of sp³-hybridized carbons (Fsp3) is 0.250. The molecule has 6 aromatic rings. The zero-order valence-electron chi connectivity index (χ0n) is 36.5. The Hall–Kier alpha value is -7.03. The van der Waals surface area contributed by atoms with E-state index in [1.807, 2.05) is 54.6 Å². The third kappa shape index (κ3) is 14.2. The predicted molar refractivity (Wildman–Crippen MR) is 254 cm³/mol. The van der Waals surface area contributed by atoms with Gasteiger partial charge in [-0.25, -0.2) is 28.8 Å². The number of carbonyl (C=O) groups excluding carboxylic acids is 3. The van der Waals surface area contributed by atoms with Gasteiger partial charge in [0.1, 0.15) is 17.3 Å². The van der Waals surface area contributed by atoms with Crippen LogP contribution in [-0.2, 0) is 25.5 Å². The number of anilines is 1. The summed E-state index contributed by atoms with van der Waals surface area (Å²) in [5.41, 5.74) is 4.93. The molecule has 0 spiro atoms. The van der Waals surface area contributed by atoms with E-state index in [4.69, 9.17) is 29.0 Å². The minimum Gasteiger partial charge on any atom is -0.494 e. The van der Waals surface area contributed by atoms with Gasteiger partial charge in [0.15, 0.2) is 0 Å². The van der Waals surface area contributed by atoms with E-state index in [1.165, 1.54) is 17.4 Å². The molecule has 0 saturated heterocycles. The third-order valence-electron chi connectivity index (χ3n) is 10.3. The number of ether oxygens (including phenoxy) is 4. The number of aliphatic hydroxyl groups is 1. The number of fused-ring (bicyclic) bond motifs is 1. The molecular weight excluding hydrogens is 865 g/mol. The zero-order chi connectivity index (χ0) is 46.7. The molecule has 0 saturated carbocycles. The smallest absolute Gasteiger partial charge is 0.366 e. The highest BCUT2D eigenvalue weighted by Crippen LogP contribution is 2.33. The molecule has 66 heavy (non-hydrogen) atoms. The zero-order valence-corrected chi connectivity index (χ0v) is 37.3. The molecule has 342 valence electrons. The first-order valence-corrected chi connectivity index (χ1v) is 22.5. The number of benzene rings is 5. The molecular formula is C52H51F2N3O8S. The van der Waals surface area contributed by atoms with Gasteiger partial charge in [-0.05, 0) is 134 Å². The summed E-state index contributed by atoms with van der Waals surface area (Å²) in [6.07, 6.45) is 8.54. The Morgan fingerprint density at radius 3 is 2.20 bits per heavy atom. The SMILES string of the molecule is C=CC(=O)OCCCCCCOc1ccc(C(=O)Oc2ccc(-c3ccc(-c4ccc(CCCCOC(=O)C(=C)F)cc4)cc3F)c(/C=N/N(CCCO)c3nc4ccccc4s3)c2)cc1. The maximum Gasteiger partial charge on any atom is 0.366 e. The number of unbranched alkanes of at least 4 members (excludes halogenated alkanes) is 4. The molecule has 0 amide bonds. The van der Waals surface area contributed by atoms with Crippen molar-refractivity contribution < 1.29 is 47.2 Å². The minimum atomic E-state index is -1.12. The maximum atomic E-state index is 16.3. The fourth-order valence-electron chi connectivity index (χ4n) is 6.77. The molecule has 11 nitrogen and oxygen atoms in total. The van der Waals surface area contributed by atoms with Crippen molar-refractivity contribution in [2.24, 2.45) is 5.10 Å². The van der Waals surface area contributed by atoms with E-state index in [1.54, 1.807) is 59.8 Å². The normalized spacial score (nSPS) is 11.1. The van der Waals surface area contributed by atoms with Gasteiger partial charge in [-0.2, -0.15) is 9.49 Å². The van der Waals surface area contributed by atoms with Gasteiger partial charge in [0, 0.05) is 30.4 Å². The van der Waals surface area contributed by atoms with Crippen LogP contribution >= 0.6 is 11.3 Å². The number of hydrogen-bond acceptors (Lipinski definition) is 12. The largest absolute Gasteiger partial charge is 0.494 e. The number of aromatic nitrogens is 1. The number of carbonyl (C=O) groups is 3. The van der Waals surface area contributed by atoms with Gasteiger partial charge in [-0.15, -0.1) is 0 Å². The van der Waals surface area contributed by atoms with Gasteiger partial charge < -0.3 is 24.1 Å². The lowest BCUT2D eigenvalue weighted by Gasteiger charge is -2.16. The monoisotopic (exact) mass is 915 g/mol. The van der Waals surface area contributed by atoms with Crippen LogP contribution in [0.4, 0.5) is 13.9 Å². The average molecular weight is 916 g/mol. The van der Waals surface area contributed by atoms with E-state index in [0.717, 1.165) is 65.9 Å². The van der Waals surface area contributed by atoms with Crippen molar-refractivity contribution >= 4 is 50.8 Å². The van der Waals surface area contributed by atoms with Crippen LogP contribution in [0, 0.1) is 5.82 Å². The summed E-state index contributed by atoms with van der Waals surface area (Å²) in [5, 5.41) is 16.8. The van der Waals surface area contributed by atoms with Crippen LogP contribution in [-0.4, -0.2) is 67.2 Å². The van der Waals surface area contributed by atoms with Crippen LogP contribution in [0.5, 0.6) is 11.5 Å². The van der Waals surface area contributed by atoms with Crippen molar-refractivity contribution in [3.05, 3.63) is 157 Å². The van der Waals surface area contributed by atoms with Gasteiger partial charge in [-0.1, -0.05) is 73.0 Å². The number of nitrogens with zero attached hydrogens (tertiary/aromatic N) is 3. The molecule has 0 atom stereocenters. The highest BCUT2D eigenvalue weighted by molar-refractivity contribution is 7.22. The topological polar surface area (TPSA) is 137 Å². The van der Waals surface area contributed by atoms with Crippen molar-refractivity contribution in [1.29, 1.82) is 0 Å². The number of rotatable bonds is 25. The molecule has 0 aliphatic heterocycles. The lowest BCUT2D eigenvalue weighted by atomic mass is 9.96. The minimum absolute atomic E-state index is 0.0583. The number of aliphatic hydroxyl groups excluding tert-OH is 1. The van der Waals surface area contributed by atoms with Crippen molar-refractivity contribution in [3.8, 4) is 33.8 Å². The van der Waals surface area contributed by atoms with Crippen LogP contribution < -0.4 is 14.5 Å². The summed E-state index contributed by atoms with van der Waals surface area (Å²) < 4.78 is 51.6. The molecule has 1 N–H and O–H groups in total. The highest BCUT2D eigenvalue weighted by Gasteiger charge is 2.17. The van der Waals surface area contributed by atoms with E-state index in [9.17, 15) is 23.9 Å². The summed E-state index contributed by atoms with van der Waals surface area (Å²) in [6, 6.07) is 32.1.